The molecule has 0 radical (unpaired) electrons. The van der Waals surface area contributed by atoms with Crippen molar-refractivity contribution in [3.05, 3.63) is 30.3 Å². The number of anilines is 1. The lowest BCUT2D eigenvalue weighted by atomic mass is 9.85. The van der Waals surface area contributed by atoms with E-state index < -0.39 is 5.97 Å². The monoisotopic (exact) mass is 374 g/mol. The number of aliphatic carboxylic acids is 1. The summed E-state index contributed by atoms with van der Waals surface area (Å²) in [5.74, 6) is -0.798. The Kier molecular flexibility index (Phi) is 6.55. The van der Waals surface area contributed by atoms with Crippen LogP contribution < -0.4 is 15.5 Å². The van der Waals surface area contributed by atoms with Crippen molar-refractivity contribution in [3.63, 3.8) is 0 Å². The number of carboxylic acids is 1. The first-order chi connectivity index (χ1) is 13.0. The van der Waals surface area contributed by atoms with Crippen molar-refractivity contribution in [3.8, 4) is 0 Å². The minimum absolute atomic E-state index is 0.0695. The molecule has 0 unspecified atom stereocenters. The molecule has 7 heteroatoms. The fraction of sp³-hybridized carbons (Fsp3) is 0.600. The van der Waals surface area contributed by atoms with Gasteiger partial charge in [-0.05, 0) is 44.4 Å². The van der Waals surface area contributed by atoms with Crippen molar-refractivity contribution in [2.75, 3.05) is 31.1 Å². The van der Waals surface area contributed by atoms with Crippen molar-refractivity contribution in [1.82, 2.24) is 15.5 Å². The van der Waals surface area contributed by atoms with E-state index in [1.807, 2.05) is 17.9 Å². The van der Waals surface area contributed by atoms with Crippen LogP contribution in [-0.2, 0) is 4.79 Å². The van der Waals surface area contributed by atoms with Gasteiger partial charge in [0.2, 0.25) is 0 Å². The van der Waals surface area contributed by atoms with Gasteiger partial charge in [0, 0.05) is 36.9 Å². The SMILES string of the molecule is CCN(CC(=O)O)C1CC(NC(=O)NC2CCN(c3ccccc3)CC2)C1. The Morgan fingerprint density at radius 1 is 1.11 bits per heavy atom. The molecular formula is C20H30N4O3. The van der Waals surface area contributed by atoms with Crippen LogP contribution in [0.25, 0.3) is 0 Å². The third kappa shape index (κ3) is 5.35. The highest BCUT2D eigenvalue weighted by atomic mass is 16.4. The van der Waals surface area contributed by atoms with Crippen molar-refractivity contribution < 1.29 is 14.7 Å². The number of hydrogen-bond donors (Lipinski definition) is 3. The average molecular weight is 374 g/mol. The number of carbonyl (C=O) groups excluding carboxylic acids is 1. The van der Waals surface area contributed by atoms with Crippen molar-refractivity contribution in [2.24, 2.45) is 0 Å². The lowest BCUT2D eigenvalue weighted by molar-refractivity contribution is -0.139. The van der Waals surface area contributed by atoms with Gasteiger partial charge in [0.25, 0.3) is 0 Å². The molecule has 2 fully saturated rings. The number of para-hydroxylation sites is 1. The Hall–Kier alpha value is -2.28. The van der Waals surface area contributed by atoms with Gasteiger partial charge in [-0.25, -0.2) is 4.79 Å². The first kappa shape index (κ1) is 19.5. The second-order valence-corrected chi connectivity index (χ2v) is 7.49. The molecule has 1 aromatic carbocycles. The molecule has 27 heavy (non-hydrogen) atoms. The lowest BCUT2D eigenvalue weighted by Crippen LogP contribution is -2.57. The summed E-state index contributed by atoms with van der Waals surface area (Å²) in [6.45, 7) is 4.65. The topological polar surface area (TPSA) is 84.9 Å². The van der Waals surface area contributed by atoms with E-state index in [0.717, 1.165) is 45.3 Å². The smallest absolute Gasteiger partial charge is 0.317 e. The molecule has 7 nitrogen and oxygen atoms in total. The third-order valence-corrected chi connectivity index (χ3v) is 5.66. The molecular weight excluding hydrogens is 344 g/mol. The molecule has 1 saturated carbocycles. The highest BCUT2D eigenvalue weighted by Gasteiger charge is 2.35. The van der Waals surface area contributed by atoms with Crippen LogP contribution in [0.2, 0.25) is 0 Å². The second-order valence-electron chi connectivity index (χ2n) is 7.49. The van der Waals surface area contributed by atoms with E-state index in [9.17, 15) is 9.59 Å². The first-order valence-corrected chi connectivity index (χ1v) is 9.88. The lowest BCUT2D eigenvalue weighted by Gasteiger charge is -2.42. The molecule has 148 valence electrons. The highest BCUT2D eigenvalue weighted by molar-refractivity contribution is 5.74. The summed E-state index contributed by atoms with van der Waals surface area (Å²) in [5.41, 5.74) is 1.24. The van der Waals surface area contributed by atoms with Crippen molar-refractivity contribution in [1.29, 1.82) is 0 Å². The van der Waals surface area contributed by atoms with E-state index in [2.05, 4.69) is 39.8 Å². The molecule has 1 aliphatic heterocycles. The van der Waals surface area contributed by atoms with E-state index in [1.54, 1.807) is 0 Å². The van der Waals surface area contributed by atoms with Gasteiger partial charge in [0.1, 0.15) is 0 Å². The number of nitrogens with one attached hydrogen (secondary N) is 2. The number of urea groups is 1. The van der Waals surface area contributed by atoms with E-state index in [4.69, 9.17) is 5.11 Å². The Bertz CT molecular complexity index is 625. The maximum absolute atomic E-state index is 12.2. The Labute approximate surface area is 160 Å². The summed E-state index contributed by atoms with van der Waals surface area (Å²) in [5, 5.41) is 15.1. The molecule has 1 aromatic rings. The number of benzene rings is 1. The average Bonchev–Trinajstić information content (AvgIpc) is 2.64. The number of amides is 2. The number of likely N-dealkylation sites (N-methyl/N-ethyl adjacent to an activating group) is 1. The van der Waals surface area contributed by atoms with Gasteiger partial charge >= 0.3 is 12.0 Å². The third-order valence-electron chi connectivity index (χ3n) is 5.66. The highest BCUT2D eigenvalue weighted by Crippen LogP contribution is 2.25. The van der Waals surface area contributed by atoms with Gasteiger partial charge in [0.05, 0.1) is 6.54 Å². The predicted octanol–water partition coefficient (Wildman–Crippen LogP) is 1.89. The minimum atomic E-state index is -0.798. The van der Waals surface area contributed by atoms with E-state index in [0.29, 0.717) is 0 Å². The van der Waals surface area contributed by atoms with E-state index in [-0.39, 0.29) is 30.7 Å². The summed E-state index contributed by atoms with van der Waals surface area (Å²) in [6, 6.07) is 10.9. The van der Waals surface area contributed by atoms with Crippen molar-refractivity contribution >= 4 is 17.7 Å². The zero-order valence-electron chi connectivity index (χ0n) is 15.9. The van der Waals surface area contributed by atoms with Crippen LogP contribution in [0.5, 0.6) is 0 Å². The predicted molar refractivity (Wildman–Crippen MR) is 105 cm³/mol. The largest absolute Gasteiger partial charge is 0.480 e. The number of carbonyl (C=O) groups is 2. The Morgan fingerprint density at radius 3 is 2.33 bits per heavy atom. The minimum Gasteiger partial charge on any atom is -0.480 e. The molecule has 0 aromatic heterocycles. The number of nitrogens with zero attached hydrogens (tertiary/aromatic N) is 2. The number of hydrogen-bond acceptors (Lipinski definition) is 4. The zero-order chi connectivity index (χ0) is 19.2. The molecule has 1 heterocycles. The Balaban J connectivity index is 1.35. The van der Waals surface area contributed by atoms with Crippen LogP contribution in [0.4, 0.5) is 10.5 Å². The number of piperidine rings is 1. The second kappa shape index (κ2) is 9.08. The van der Waals surface area contributed by atoms with Gasteiger partial charge in [-0.15, -0.1) is 0 Å². The van der Waals surface area contributed by atoms with Gasteiger partial charge in [-0.1, -0.05) is 25.1 Å². The summed E-state index contributed by atoms with van der Waals surface area (Å²) in [7, 11) is 0. The van der Waals surface area contributed by atoms with Gasteiger partial charge < -0.3 is 20.6 Å². The van der Waals surface area contributed by atoms with Gasteiger partial charge in [0.15, 0.2) is 0 Å². The summed E-state index contributed by atoms with van der Waals surface area (Å²) >= 11 is 0. The molecule has 2 aliphatic rings. The van der Waals surface area contributed by atoms with E-state index in [1.165, 1.54) is 5.69 Å². The van der Waals surface area contributed by atoms with Crippen LogP contribution in [0, 0.1) is 0 Å². The zero-order valence-corrected chi connectivity index (χ0v) is 15.9. The standard InChI is InChI=1S/C20H30N4O3/c1-2-23(14-19(25)26)18-12-16(13-18)22-20(27)21-15-8-10-24(11-9-15)17-6-4-3-5-7-17/h3-7,15-16,18H,2,8-14H2,1H3,(H,25,26)(H2,21,22,27). The number of carboxylic acid groups (broad SMARTS) is 1. The van der Waals surface area contributed by atoms with Crippen LogP contribution >= 0.6 is 0 Å². The maximum Gasteiger partial charge on any atom is 0.317 e. The molecule has 0 atom stereocenters. The first-order valence-electron chi connectivity index (χ1n) is 9.88. The van der Waals surface area contributed by atoms with Crippen LogP contribution in [-0.4, -0.2) is 66.3 Å². The molecule has 3 N–H and O–H groups in total. The summed E-state index contributed by atoms with van der Waals surface area (Å²) < 4.78 is 0. The molecule has 2 amide bonds. The fourth-order valence-electron chi connectivity index (χ4n) is 4.01. The fourth-order valence-corrected chi connectivity index (χ4v) is 4.01. The normalized spacial score (nSPS) is 23.0. The van der Waals surface area contributed by atoms with Crippen molar-refractivity contribution in [2.45, 2.75) is 50.7 Å². The molecule has 0 bridgehead atoms. The number of rotatable bonds is 7. The van der Waals surface area contributed by atoms with Crippen LogP contribution in [0.1, 0.15) is 32.6 Å². The Morgan fingerprint density at radius 2 is 1.74 bits per heavy atom. The molecule has 0 spiro atoms. The quantitative estimate of drug-likeness (QED) is 0.679. The van der Waals surface area contributed by atoms with Gasteiger partial charge in [-0.3, -0.25) is 9.69 Å². The van der Waals surface area contributed by atoms with Crippen LogP contribution in [0.15, 0.2) is 30.3 Å². The maximum atomic E-state index is 12.2. The summed E-state index contributed by atoms with van der Waals surface area (Å²) in [4.78, 5) is 27.4. The molecule has 1 aliphatic carbocycles. The van der Waals surface area contributed by atoms with Crippen LogP contribution in [0.3, 0.4) is 0 Å². The van der Waals surface area contributed by atoms with Gasteiger partial charge in [-0.2, -0.15) is 0 Å². The van der Waals surface area contributed by atoms with E-state index >= 15 is 0 Å². The molecule has 1 saturated heterocycles. The molecule has 3 rings (SSSR count). The summed E-state index contributed by atoms with van der Waals surface area (Å²) in [6.07, 6.45) is 3.53.